The molecule has 1 heterocycles. The molecule has 3 rings (SSSR count). The lowest BCUT2D eigenvalue weighted by Crippen LogP contribution is -2.10. The fraction of sp³-hybridized carbons (Fsp3) is 0.188. The molecule has 3 aromatic rings. The smallest absolute Gasteiger partial charge is 0.153 e. The van der Waals surface area contributed by atoms with Gasteiger partial charge in [0.1, 0.15) is 17.2 Å². The normalized spacial score (nSPS) is 12.8. The van der Waals surface area contributed by atoms with E-state index in [0.29, 0.717) is 11.3 Å². The number of fused-ring (bicyclic) bond motifs is 1. The highest BCUT2D eigenvalue weighted by molar-refractivity contribution is 6.16. The van der Waals surface area contributed by atoms with Crippen molar-refractivity contribution in [1.29, 1.82) is 0 Å². The summed E-state index contributed by atoms with van der Waals surface area (Å²) < 4.78 is 29.2. The highest BCUT2D eigenvalue weighted by atomic mass is 35.5. The summed E-state index contributed by atoms with van der Waals surface area (Å²) >= 11 is 5.93. The van der Waals surface area contributed by atoms with Gasteiger partial charge in [0.15, 0.2) is 5.82 Å². The number of hydrogen-bond acceptors (Lipinski definition) is 1. The zero-order chi connectivity index (χ0) is 15.0. The Hall–Kier alpha value is -1.94. The average molecular weight is 307 g/mol. The van der Waals surface area contributed by atoms with E-state index < -0.39 is 11.6 Å². The third-order valence-electron chi connectivity index (χ3n) is 3.58. The van der Waals surface area contributed by atoms with E-state index in [2.05, 4.69) is 4.98 Å². The molecule has 0 radical (unpaired) electrons. The molecular formula is C16H13ClF2N2. The summed E-state index contributed by atoms with van der Waals surface area (Å²) in [6, 6.07) is 11.7. The largest absolute Gasteiger partial charge is 0.319 e. The summed E-state index contributed by atoms with van der Waals surface area (Å²) in [7, 11) is 0. The van der Waals surface area contributed by atoms with Gasteiger partial charge in [-0.2, -0.15) is 0 Å². The first-order valence-corrected chi connectivity index (χ1v) is 7.12. The molecule has 0 aliphatic rings. The first-order chi connectivity index (χ1) is 10.1. The van der Waals surface area contributed by atoms with Crippen molar-refractivity contribution in [2.75, 3.05) is 0 Å². The molecule has 2 nitrogen and oxygen atoms in total. The first kappa shape index (κ1) is 14.0. The van der Waals surface area contributed by atoms with Gasteiger partial charge in [-0.3, -0.25) is 0 Å². The first-order valence-electron chi connectivity index (χ1n) is 6.58. The molecule has 0 bridgehead atoms. The SMILES string of the molecule is CC(c1ccccc1)n1c(CCl)nc2c(F)cc(F)cc21. The van der Waals surface area contributed by atoms with E-state index in [9.17, 15) is 8.78 Å². The summed E-state index contributed by atoms with van der Waals surface area (Å²) in [6.07, 6.45) is 0. The lowest BCUT2D eigenvalue weighted by Gasteiger charge is -2.17. The molecule has 1 unspecified atom stereocenters. The van der Waals surface area contributed by atoms with Crippen LogP contribution >= 0.6 is 11.6 Å². The van der Waals surface area contributed by atoms with E-state index in [4.69, 9.17) is 11.6 Å². The molecule has 0 N–H and O–H groups in total. The van der Waals surface area contributed by atoms with Crippen molar-refractivity contribution in [3.05, 3.63) is 65.5 Å². The van der Waals surface area contributed by atoms with Crippen molar-refractivity contribution in [2.45, 2.75) is 18.8 Å². The van der Waals surface area contributed by atoms with Gasteiger partial charge in [0.25, 0.3) is 0 Å². The van der Waals surface area contributed by atoms with E-state index in [1.165, 1.54) is 6.07 Å². The molecule has 1 aromatic heterocycles. The summed E-state index contributed by atoms with van der Waals surface area (Å²) in [5.74, 6) is -0.641. The van der Waals surface area contributed by atoms with E-state index in [1.807, 2.05) is 37.3 Å². The van der Waals surface area contributed by atoms with E-state index in [1.54, 1.807) is 4.57 Å². The zero-order valence-corrected chi connectivity index (χ0v) is 12.1. The van der Waals surface area contributed by atoms with Gasteiger partial charge in [-0.05, 0) is 18.6 Å². The predicted octanol–water partition coefficient (Wildman–Crippen LogP) is 4.66. The molecule has 0 spiro atoms. The number of aromatic nitrogens is 2. The molecule has 0 aliphatic heterocycles. The Labute approximate surface area is 126 Å². The van der Waals surface area contributed by atoms with Crippen molar-refractivity contribution in [3.8, 4) is 0 Å². The third kappa shape index (κ3) is 2.40. The molecule has 0 aliphatic carbocycles. The molecule has 5 heteroatoms. The highest BCUT2D eigenvalue weighted by Gasteiger charge is 2.19. The minimum Gasteiger partial charge on any atom is -0.319 e. The molecular weight excluding hydrogens is 294 g/mol. The Morgan fingerprint density at radius 2 is 1.90 bits per heavy atom. The van der Waals surface area contributed by atoms with Gasteiger partial charge < -0.3 is 4.57 Å². The summed E-state index contributed by atoms with van der Waals surface area (Å²) in [5.41, 5.74) is 1.59. The molecule has 0 saturated carbocycles. The van der Waals surface area contributed by atoms with E-state index in [-0.39, 0.29) is 17.4 Å². The van der Waals surface area contributed by atoms with Crippen LogP contribution in [0.25, 0.3) is 11.0 Å². The second-order valence-electron chi connectivity index (χ2n) is 4.87. The second kappa shape index (κ2) is 5.45. The number of nitrogens with zero attached hydrogens (tertiary/aromatic N) is 2. The van der Waals surface area contributed by atoms with Gasteiger partial charge in [0.2, 0.25) is 0 Å². The fourth-order valence-corrected chi connectivity index (χ4v) is 2.76. The Kier molecular flexibility index (Phi) is 3.64. The number of alkyl halides is 1. The van der Waals surface area contributed by atoms with Crippen molar-refractivity contribution in [3.63, 3.8) is 0 Å². The topological polar surface area (TPSA) is 17.8 Å². The third-order valence-corrected chi connectivity index (χ3v) is 3.81. The Morgan fingerprint density at radius 3 is 2.57 bits per heavy atom. The zero-order valence-electron chi connectivity index (χ0n) is 11.4. The quantitative estimate of drug-likeness (QED) is 0.643. The Bertz CT molecular complexity index is 784. The molecule has 0 fully saturated rings. The van der Waals surface area contributed by atoms with Crippen LogP contribution in [0.4, 0.5) is 8.78 Å². The molecule has 0 saturated heterocycles. The monoisotopic (exact) mass is 306 g/mol. The molecule has 0 amide bonds. The number of hydrogen-bond donors (Lipinski definition) is 0. The van der Waals surface area contributed by atoms with Gasteiger partial charge in [0.05, 0.1) is 17.4 Å². The molecule has 21 heavy (non-hydrogen) atoms. The van der Waals surface area contributed by atoms with Crippen LogP contribution in [0.2, 0.25) is 0 Å². The van der Waals surface area contributed by atoms with Gasteiger partial charge in [-0.1, -0.05) is 30.3 Å². The lowest BCUT2D eigenvalue weighted by molar-refractivity contribution is 0.588. The van der Waals surface area contributed by atoms with Gasteiger partial charge in [-0.15, -0.1) is 11.6 Å². The van der Waals surface area contributed by atoms with Crippen molar-refractivity contribution in [2.24, 2.45) is 0 Å². The lowest BCUT2D eigenvalue weighted by atomic mass is 10.1. The van der Waals surface area contributed by atoms with Crippen LogP contribution in [-0.2, 0) is 5.88 Å². The van der Waals surface area contributed by atoms with Crippen molar-refractivity contribution in [1.82, 2.24) is 9.55 Å². The highest BCUT2D eigenvalue weighted by Crippen LogP contribution is 2.28. The van der Waals surface area contributed by atoms with Crippen molar-refractivity contribution >= 4 is 22.6 Å². The van der Waals surface area contributed by atoms with Gasteiger partial charge >= 0.3 is 0 Å². The Balaban J connectivity index is 2.25. The van der Waals surface area contributed by atoms with E-state index >= 15 is 0 Å². The van der Waals surface area contributed by atoms with Crippen LogP contribution in [-0.4, -0.2) is 9.55 Å². The summed E-state index contributed by atoms with van der Waals surface area (Å²) in [6.45, 7) is 1.95. The van der Waals surface area contributed by atoms with Gasteiger partial charge in [-0.25, -0.2) is 13.8 Å². The second-order valence-corrected chi connectivity index (χ2v) is 5.14. The fourth-order valence-electron chi connectivity index (χ4n) is 2.58. The number of benzene rings is 2. The standard InChI is InChI=1S/C16H13ClF2N2/c1-10(11-5-3-2-4-6-11)21-14-8-12(18)7-13(19)16(14)20-15(21)9-17/h2-8,10H,9H2,1H3. The number of halogens is 3. The summed E-state index contributed by atoms with van der Waals surface area (Å²) in [5, 5.41) is 0. The summed E-state index contributed by atoms with van der Waals surface area (Å²) in [4.78, 5) is 4.21. The molecule has 2 aromatic carbocycles. The maximum absolute atomic E-state index is 13.9. The van der Waals surface area contributed by atoms with Crippen LogP contribution in [0.3, 0.4) is 0 Å². The molecule has 108 valence electrons. The van der Waals surface area contributed by atoms with Crippen LogP contribution in [0.1, 0.15) is 24.4 Å². The van der Waals surface area contributed by atoms with Crippen molar-refractivity contribution < 1.29 is 8.78 Å². The van der Waals surface area contributed by atoms with Crippen LogP contribution in [0, 0.1) is 11.6 Å². The van der Waals surface area contributed by atoms with Crippen LogP contribution in [0.5, 0.6) is 0 Å². The Morgan fingerprint density at radius 1 is 1.19 bits per heavy atom. The van der Waals surface area contributed by atoms with Crippen LogP contribution in [0.15, 0.2) is 42.5 Å². The predicted molar refractivity (Wildman–Crippen MR) is 79.5 cm³/mol. The van der Waals surface area contributed by atoms with E-state index in [0.717, 1.165) is 11.6 Å². The number of imidazole rings is 1. The minimum absolute atomic E-state index is 0.119. The maximum atomic E-state index is 13.9. The van der Waals surface area contributed by atoms with Crippen LogP contribution < -0.4 is 0 Å². The molecule has 1 atom stereocenters. The van der Waals surface area contributed by atoms with Gasteiger partial charge in [0, 0.05) is 6.07 Å². The maximum Gasteiger partial charge on any atom is 0.153 e. The number of rotatable bonds is 3. The minimum atomic E-state index is -0.671. The average Bonchev–Trinajstić information content (AvgIpc) is 2.86.